The number of ether oxygens (including phenoxy) is 2. The Morgan fingerprint density at radius 2 is 1.76 bits per heavy atom. The number of fused-ring (bicyclic) bond motifs is 1. The molecule has 0 aromatic heterocycles. The molecule has 0 amide bonds. The Labute approximate surface area is 153 Å². The van der Waals surface area contributed by atoms with E-state index in [0.29, 0.717) is 0 Å². The van der Waals surface area contributed by atoms with E-state index in [4.69, 9.17) is 9.47 Å². The molecule has 1 aliphatic carbocycles. The molecule has 0 radical (unpaired) electrons. The summed E-state index contributed by atoms with van der Waals surface area (Å²) in [5.74, 6) is 0.779. The number of hydrogen-bond acceptors (Lipinski definition) is 3. The Kier molecular flexibility index (Phi) is 5.28. The van der Waals surface area contributed by atoms with Gasteiger partial charge >= 0.3 is 5.97 Å². The Balaban J connectivity index is 2.24. The molecule has 0 saturated carbocycles. The van der Waals surface area contributed by atoms with Crippen LogP contribution in [0.15, 0.2) is 18.2 Å². The first-order chi connectivity index (χ1) is 11.4. The molecule has 1 aromatic carbocycles. The van der Waals surface area contributed by atoms with E-state index < -0.39 is 5.41 Å². The van der Waals surface area contributed by atoms with Crippen LogP contribution in [0.1, 0.15) is 78.5 Å². The van der Waals surface area contributed by atoms with E-state index >= 15 is 0 Å². The van der Waals surface area contributed by atoms with Gasteiger partial charge in [-0.1, -0.05) is 47.6 Å². The maximum atomic E-state index is 13.2. The Morgan fingerprint density at radius 3 is 2.28 bits per heavy atom. The number of hydrogen-bond donors (Lipinski definition) is 0. The molecule has 0 spiro atoms. The van der Waals surface area contributed by atoms with Crippen LogP contribution < -0.4 is 4.74 Å². The third-order valence-corrected chi connectivity index (χ3v) is 5.61. The minimum Gasteiger partial charge on any atom is -0.497 e. The van der Waals surface area contributed by atoms with Gasteiger partial charge in [0.2, 0.25) is 0 Å². The van der Waals surface area contributed by atoms with Gasteiger partial charge in [-0.15, -0.1) is 0 Å². The van der Waals surface area contributed by atoms with Crippen LogP contribution in [0.5, 0.6) is 5.75 Å². The molecule has 0 bridgehead atoms. The van der Waals surface area contributed by atoms with Gasteiger partial charge in [0.25, 0.3) is 0 Å². The highest BCUT2D eigenvalue weighted by molar-refractivity contribution is 5.78. The first kappa shape index (κ1) is 19.8. The molecule has 1 aliphatic rings. The van der Waals surface area contributed by atoms with Crippen molar-refractivity contribution in [3.8, 4) is 5.75 Å². The van der Waals surface area contributed by atoms with E-state index in [1.807, 2.05) is 12.1 Å². The molecule has 140 valence electrons. The Morgan fingerprint density at radius 1 is 1.12 bits per heavy atom. The fraction of sp³-hybridized carbons (Fsp3) is 0.682. The second-order valence-corrected chi connectivity index (χ2v) is 9.82. The number of benzene rings is 1. The molecule has 0 heterocycles. The topological polar surface area (TPSA) is 35.5 Å². The Hall–Kier alpha value is -1.51. The molecule has 0 saturated heterocycles. The summed E-state index contributed by atoms with van der Waals surface area (Å²) in [6, 6.07) is 6.04. The van der Waals surface area contributed by atoms with Crippen LogP contribution >= 0.6 is 0 Å². The van der Waals surface area contributed by atoms with Crippen molar-refractivity contribution in [2.24, 2.45) is 16.2 Å². The van der Waals surface area contributed by atoms with Crippen molar-refractivity contribution in [3.05, 3.63) is 29.3 Å². The van der Waals surface area contributed by atoms with Gasteiger partial charge in [-0.3, -0.25) is 4.79 Å². The lowest BCUT2D eigenvalue weighted by Crippen LogP contribution is -2.44. The Bertz CT molecular complexity index is 634. The smallest absolute Gasteiger partial charge is 0.312 e. The number of methoxy groups -OCH3 is 1. The SMILES string of the molecule is COc1ccc2c(c1)CCC2OC(=O)C(C)(CC(C)(C)C)C(C)(C)C. The summed E-state index contributed by atoms with van der Waals surface area (Å²) in [5, 5.41) is 0. The number of rotatable bonds is 4. The number of aryl methyl sites for hydroxylation is 1. The van der Waals surface area contributed by atoms with Gasteiger partial charge in [-0.2, -0.15) is 0 Å². The average Bonchev–Trinajstić information content (AvgIpc) is 2.86. The van der Waals surface area contributed by atoms with Gasteiger partial charge in [0.1, 0.15) is 11.9 Å². The molecule has 1 aromatic rings. The summed E-state index contributed by atoms with van der Waals surface area (Å²) in [6.07, 6.45) is 2.43. The van der Waals surface area contributed by atoms with Crippen LogP contribution in [-0.2, 0) is 16.0 Å². The van der Waals surface area contributed by atoms with Gasteiger partial charge in [0.05, 0.1) is 12.5 Å². The van der Waals surface area contributed by atoms with Gasteiger partial charge < -0.3 is 9.47 Å². The third kappa shape index (κ3) is 4.19. The van der Waals surface area contributed by atoms with Crippen LogP contribution in [0.25, 0.3) is 0 Å². The van der Waals surface area contributed by atoms with Gasteiger partial charge in [0.15, 0.2) is 0 Å². The molecule has 3 heteroatoms. The highest BCUT2D eigenvalue weighted by Gasteiger charge is 2.48. The van der Waals surface area contributed by atoms with Crippen LogP contribution in [0.3, 0.4) is 0 Å². The zero-order chi connectivity index (χ0) is 19.0. The van der Waals surface area contributed by atoms with E-state index in [1.54, 1.807) is 7.11 Å². The monoisotopic (exact) mass is 346 g/mol. The van der Waals surface area contributed by atoms with Gasteiger partial charge in [0, 0.05) is 0 Å². The standard InChI is InChI=1S/C22H34O3/c1-20(2,3)14-22(7,21(4,5)6)19(23)25-18-12-9-15-13-16(24-8)10-11-17(15)18/h10-11,13,18H,9,12,14H2,1-8H3. The summed E-state index contributed by atoms with van der Waals surface area (Å²) in [6.45, 7) is 15.0. The normalized spacial score (nSPS) is 19.9. The molecule has 25 heavy (non-hydrogen) atoms. The summed E-state index contributed by atoms with van der Waals surface area (Å²) in [4.78, 5) is 13.2. The molecule has 2 unspecified atom stereocenters. The molecule has 0 N–H and O–H groups in total. The van der Waals surface area contributed by atoms with E-state index in [9.17, 15) is 4.79 Å². The van der Waals surface area contributed by atoms with E-state index in [0.717, 1.165) is 30.6 Å². The highest BCUT2D eigenvalue weighted by Crippen LogP contribution is 2.49. The maximum absolute atomic E-state index is 13.2. The fourth-order valence-corrected chi connectivity index (χ4v) is 3.77. The number of carbonyl (C=O) groups is 1. The lowest BCUT2D eigenvalue weighted by Gasteiger charge is -2.43. The summed E-state index contributed by atoms with van der Waals surface area (Å²) in [7, 11) is 1.68. The summed E-state index contributed by atoms with van der Waals surface area (Å²) in [5.41, 5.74) is 1.72. The van der Waals surface area contributed by atoms with Crippen molar-refractivity contribution < 1.29 is 14.3 Å². The summed E-state index contributed by atoms with van der Waals surface area (Å²) >= 11 is 0. The molecule has 0 fully saturated rings. The zero-order valence-electron chi connectivity index (χ0n) is 17.2. The van der Waals surface area contributed by atoms with Crippen molar-refractivity contribution in [1.29, 1.82) is 0 Å². The predicted octanol–water partition coefficient (Wildman–Crippen LogP) is 5.71. The summed E-state index contributed by atoms with van der Waals surface area (Å²) < 4.78 is 11.4. The lowest BCUT2D eigenvalue weighted by molar-refractivity contribution is -0.171. The second kappa shape index (κ2) is 6.66. The molecule has 2 atom stereocenters. The predicted molar refractivity (Wildman–Crippen MR) is 102 cm³/mol. The lowest BCUT2D eigenvalue weighted by atomic mass is 9.61. The molecule has 3 nitrogen and oxygen atoms in total. The van der Waals surface area contributed by atoms with Crippen molar-refractivity contribution in [3.63, 3.8) is 0 Å². The maximum Gasteiger partial charge on any atom is 0.312 e. The van der Waals surface area contributed by atoms with Crippen molar-refractivity contribution >= 4 is 5.97 Å². The quantitative estimate of drug-likeness (QED) is 0.655. The first-order valence-corrected chi connectivity index (χ1v) is 9.25. The third-order valence-electron chi connectivity index (χ3n) is 5.61. The van der Waals surface area contributed by atoms with Crippen LogP contribution in [0.2, 0.25) is 0 Å². The zero-order valence-corrected chi connectivity index (χ0v) is 17.2. The van der Waals surface area contributed by atoms with Crippen molar-refractivity contribution in [2.75, 3.05) is 7.11 Å². The minimum absolute atomic E-state index is 0.0575. The van der Waals surface area contributed by atoms with Crippen LogP contribution in [0.4, 0.5) is 0 Å². The molecular weight excluding hydrogens is 312 g/mol. The van der Waals surface area contributed by atoms with Gasteiger partial charge in [-0.05, 0) is 60.3 Å². The van der Waals surface area contributed by atoms with Crippen LogP contribution in [0, 0.1) is 16.2 Å². The van der Waals surface area contributed by atoms with Gasteiger partial charge in [-0.25, -0.2) is 0 Å². The average molecular weight is 347 g/mol. The molecule has 2 rings (SSSR count). The van der Waals surface area contributed by atoms with Crippen molar-refractivity contribution in [1.82, 2.24) is 0 Å². The second-order valence-electron chi connectivity index (χ2n) is 9.82. The van der Waals surface area contributed by atoms with E-state index in [1.165, 1.54) is 5.56 Å². The number of carbonyl (C=O) groups excluding carboxylic acids is 1. The molecular formula is C22H34O3. The van der Waals surface area contributed by atoms with Crippen molar-refractivity contribution in [2.45, 2.75) is 73.8 Å². The number of esters is 1. The van der Waals surface area contributed by atoms with Crippen LogP contribution in [-0.4, -0.2) is 13.1 Å². The first-order valence-electron chi connectivity index (χ1n) is 9.25. The van der Waals surface area contributed by atoms with E-state index in [-0.39, 0.29) is 22.9 Å². The minimum atomic E-state index is -0.527. The highest BCUT2D eigenvalue weighted by atomic mass is 16.5. The largest absolute Gasteiger partial charge is 0.497 e. The molecule has 0 aliphatic heterocycles. The fourth-order valence-electron chi connectivity index (χ4n) is 3.77. The van der Waals surface area contributed by atoms with E-state index in [2.05, 4.69) is 54.5 Å².